The van der Waals surface area contributed by atoms with Crippen LogP contribution in [0.1, 0.15) is 25.3 Å². The lowest BCUT2D eigenvalue weighted by Gasteiger charge is -2.29. The van der Waals surface area contributed by atoms with Gasteiger partial charge in [0.25, 0.3) is 0 Å². The first-order valence-electron chi connectivity index (χ1n) is 10.8. The number of sulfonamides is 1. The van der Waals surface area contributed by atoms with E-state index in [1.54, 1.807) is 17.8 Å². The van der Waals surface area contributed by atoms with Crippen molar-refractivity contribution in [1.82, 2.24) is 14.1 Å². The van der Waals surface area contributed by atoms with Crippen molar-refractivity contribution in [3.05, 3.63) is 72.4 Å². The van der Waals surface area contributed by atoms with Crippen LogP contribution in [0, 0.1) is 5.92 Å². The van der Waals surface area contributed by atoms with Crippen molar-refractivity contribution < 1.29 is 17.9 Å². The summed E-state index contributed by atoms with van der Waals surface area (Å²) in [5.41, 5.74) is 2.22. The van der Waals surface area contributed by atoms with E-state index in [1.807, 2.05) is 60.7 Å². The van der Waals surface area contributed by atoms with Gasteiger partial charge in [-0.1, -0.05) is 60.7 Å². The van der Waals surface area contributed by atoms with Gasteiger partial charge in [-0.2, -0.15) is 9.40 Å². The van der Waals surface area contributed by atoms with Crippen LogP contribution in [0.4, 0.5) is 0 Å². The predicted octanol–water partition coefficient (Wildman–Crippen LogP) is 3.56. The monoisotopic (exact) mass is 453 g/mol. The van der Waals surface area contributed by atoms with Gasteiger partial charge < -0.3 is 4.74 Å². The summed E-state index contributed by atoms with van der Waals surface area (Å²) in [7, 11) is -3.78. The summed E-state index contributed by atoms with van der Waals surface area (Å²) in [5, 5.41) is 4.64. The normalized spacial score (nSPS) is 15.5. The van der Waals surface area contributed by atoms with Gasteiger partial charge in [-0.15, -0.1) is 0 Å². The van der Waals surface area contributed by atoms with E-state index in [-0.39, 0.29) is 29.9 Å². The second-order valence-electron chi connectivity index (χ2n) is 7.82. The Bertz CT molecular complexity index is 1150. The molecule has 1 aliphatic heterocycles. The zero-order valence-electron chi connectivity index (χ0n) is 18.1. The second kappa shape index (κ2) is 9.67. The Morgan fingerprint density at radius 3 is 2.28 bits per heavy atom. The molecule has 1 aliphatic rings. The topological polar surface area (TPSA) is 81.5 Å². The van der Waals surface area contributed by atoms with Gasteiger partial charge in [0, 0.05) is 24.8 Å². The van der Waals surface area contributed by atoms with Crippen LogP contribution < -0.4 is 0 Å². The molecule has 0 amide bonds. The minimum absolute atomic E-state index is 0.189. The molecule has 2 heterocycles. The van der Waals surface area contributed by atoms with E-state index < -0.39 is 10.0 Å². The minimum atomic E-state index is -3.78. The number of piperidine rings is 1. The zero-order chi connectivity index (χ0) is 22.6. The van der Waals surface area contributed by atoms with E-state index >= 15 is 0 Å². The maximum atomic E-state index is 13.6. The molecule has 0 spiro atoms. The standard InChI is InChI=1S/C24H27N3O4S/c1-2-31-24(28)21-13-15-27(16-14-21)32(29,30)22-18-26(17-19-9-5-3-6-10-19)25-23(22)20-11-7-4-8-12-20/h3-12,18,21H,2,13-17H2,1H3. The number of esters is 1. The zero-order valence-corrected chi connectivity index (χ0v) is 18.9. The van der Waals surface area contributed by atoms with Gasteiger partial charge in [-0.3, -0.25) is 9.48 Å². The van der Waals surface area contributed by atoms with Crippen molar-refractivity contribution in [3.63, 3.8) is 0 Å². The Balaban J connectivity index is 1.63. The molecule has 32 heavy (non-hydrogen) atoms. The highest BCUT2D eigenvalue weighted by Crippen LogP contribution is 2.31. The van der Waals surface area contributed by atoms with E-state index in [4.69, 9.17) is 4.74 Å². The summed E-state index contributed by atoms with van der Waals surface area (Å²) in [6, 6.07) is 19.2. The van der Waals surface area contributed by atoms with Gasteiger partial charge in [-0.05, 0) is 25.3 Å². The second-order valence-corrected chi connectivity index (χ2v) is 9.73. The molecule has 168 valence electrons. The summed E-state index contributed by atoms with van der Waals surface area (Å²) in [4.78, 5) is 12.2. The summed E-state index contributed by atoms with van der Waals surface area (Å²) in [6.07, 6.45) is 2.52. The van der Waals surface area contributed by atoms with Crippen molar-refractivity contribution in [2.45, 2.75) is 31.2 Å². The molecule has 0 unspecified atom stereocenters. The number of carbonyl (C=O) groups excluding carboxylic acids is 1. The molecule has 1 aromatic heterocycles. The van der Waals surface area contributed by atoms with Crippen molar-refractivity contribution in [2.75, 3.05) is 19.7 Å². The number of rotatable bonds is 7. The molecule has 8 heteroatoms. The van der Waals surface area contributed by atoms with Gasteiger partial charge in [-0.25, -0.2) is 8.42 Å². The predicted molar refractivity (Wildman–Crippen MR) is 121 cm³/mol. The number of hydrogen-bond acceptors (Lipinski definition) is 5. The lowest BCUT2D eigenvalue weighted by Crippen LogP contribution is -2.40. The van der Waals surface area contributed by atoms with Gasteiger partial charge >= 0.3 is 5.97 Å². The maximum Gasteiger partial charge on any atom is 0.309 e. The molecular formula is C24H27N3O4S. The van der Waals surface area contributed by atoms with Crippen LogP contribution in [-0.4, -0.2) is 48.2 Å². The quantitative estimate of drug-likeness (QED) is 0.511. The van der Waals surface area contributed by atoms with Crippen LogP contribution in [0.2, 0.25) is 0 Å². The molecule has 4 rings (SSSR count). The number of aromatic nitrogens is 2. The first-order chi connectivity index (χ1) is 15.5. The average molecular weight is 454 g/mol. The van der Waals surface area contributed by atoms with E-state index in [0.717, 1.165) is 11.1 Å². The Hall–Kier alpha value is -2.97. The van der Waals surface area contributed by atoms with Crippen molar-refractivity contribution in [3.8, 4) is 11.3 Å². The highest BCUT2D eigenvalue weighted by atomic mass is 32.2. The molecule has 0 radical (unpaired) electrons. The average Bonchev–Trinajstić information content (AvgIpc) is 3.25. The number of hydrogen-bond donors (Lipinski definition) is 0. The molecule has 7 nitrogen and oxygen atoms in total. The van der Waals surface area contributed by atoms with Crippen molar-refractivity contribution in [1.29, 1.82) is 0 Å². The van der Waals surface area contributed by atoms with Crippen LogP contribution in [0.25, 0.3) is 11.3 Å². The lowest BCUT2D eigenvalue weighted by atomic mass is 9.98. The molecule has 0 bridgehead atoms. The number of benzene rings is 2. The van der Waals surface area contributed by atoms with E-state index in [1.165, 1.54) is 4.31 Å². The van der Waals surface area contributed by atoms with Gasteiger partial charge in [0.2, 0.25) is 10.0 Å². The molecule has 0 N–H and O–H groups in total. The van der Waals surface area contributed by atoms with Crippen LogP contribution in [0.15, 0.2) is 71.8 Å². The Kier molecular flexibility index (Phi) is 6.72. The maximum absolute atomic E-state index is 13.6. The molecule has 0 aliphatic carbocycles. The fourth-order valence-corrected chi connectivity index (χ4v) is 5.60. The Morgan fingerprint density at radius 2 is 1.66 bits per heavy atom. The highest BCUT2D eigenvalue weighted by Gasteiger charge is 2.35. The third-order valence-electron chi connectivity index (χ3n) is 5.65. The third kappa shape index (κ3) is 4.76. The van der Waals surface area contributed by atoms with Crippen LogP contribution in [0.3, 0.4) is 0 Å². The third-order valence-corrected chi connectivity index (χ3v) is 7.55. The molecule has 3 aromatic rings. The highest BCUT2D eigenvalue weighted by molar-refractivity contribution is 7.89. The summed E-state index contributed by atoms with van der Waals surface area (Å²) in [5.74, 6) is -0.499. The van der Waals surface area contributed by atoms with E-state index in [0.29, 0.717) is 31.7 Å². The summed E-state index contributed by atoms with van der Waals surface area (Å²) >= 11 is 0. The van der Waals surface area contributed by atoms with Crippen LogP contribution >= 0.6 is 0 Å². The SMILES string of the molecule is CCOC(=O)C1CCN(S(=O)(=O)c2cn(Cc3ccccc3)nc2-c2ccccc2)CC1. The molecule has 0 saturated carbocycles. The fourth-order valence-electron chi connectivity index (χ4n) is 3.97. The number of ether oxygens (including phenoxy) is 1. The Morgan fingerprint density at radius 1 is 1.03 bits per heavy atom. The van der Waals surface area contributed by atoms with Gasteiger partial charge in [0.15, 0.2) is 0 Å². The minimum Gasteiger partial charge on any atom is -0.466 e. The number of nitrogens with zero attached hydrogens (tertiary/aromatic N) is 3. The first kappa shape index (κ1) is 22.2. The molecule has 1 saturated heterocycles. The van der Waals surface area contributed by atoms with E-state index in [9.17, 15) is 13.2 Å². The summed E-state index contributed by atoms with van der Waals surface area (Å²) in [6.45, 7) is 3.14. The van der Waals surface area contributed by atoms with Crippen molar-refractivity contribution in [2.24, 2.45) is 5.92 Å². The molecule has 2 aromatic carbocycles. The molecule has 1 fully saturated rings. The van der Waals surface area contributed by atoms with Gasteiger partial charge in [0.1, 0.15) is 10.6 Å². The first-order valence-corrected chi connectivity index (χ1v) is 12.3. The van der Waals surface area contributed by atoms with E-state index in [2.05, 4.69) is 5.10 Å². The summed E-state index contributed by atoms with van der Waals surface area (Å²) < 4.78 is 35.4. The smallest absolute Gasteiger partial charge is 0.309 e. The van der Waals surface area contributed by atoms with Crippen LogP contribution in [-0.2, 0) is 26.1 Å². The number of carbonyl (C=O) groups is 1. The fraction of sp³-hybridized carbons (Fsp3) is 0.333. The molecule has 0 atom stereocenters. The molecular weight excluding hydrogens is 426 g/mol. The van der Waals surface area contributed by atoms with Crippen LogP contribution in [0.5, 0.6) is 0 Å². The lowest BCUT2D eigenvalue weighted by molar-refractivity contribution is -0.149. The largest absolute Gasteiger partial charge is 0.466 e. The van der Waals surface area contributed by atoms with Crippen molar-refractivity contribution >= 4 is 16.0 Å². The van der Waals surface area contributed by atoms with Gasteiger partial charge in [0.05, 0.1) is 19.1 Å². The Labute approximate surface area is 188 Å².